The Balaban J connectivity index is 2.60. The van der Waals surface area contributed by atoms with Crippen LogP contribution in [0.1, 0.15) is 11.1 Å². The molecule has 0 saturated carbocycles. The smallest absolute Gasteiger partial charge is 0.208 e. The lowest BCUT2D eigenvalue weighted by Crippen LogP contribution is -1.93. The summed E-state index contributed by atoms with van der Waals surface area (Å²) in [5.74, 6) is 1.31. The molecule has 5 nitrogen and oxygen atoms in total. The average Bonchev–Trinajstić information content (AvgIpc) is 2.74. The number of hydrogen-bond acceptors (Lipinski definition) is 4. The molecule has 0 aliphatic heterocycles. The van der Waals surface area contributed by atoms with Crippen LogP contribution in [0.15, 0.2) is 12.1 Å². The van der Waals surface area contributed by atoms with Crippen LogP contribution in [-0.4, -0.2) is 27.7 Å². The van der Waals surface area contributed by atoms with Gasteiger partial charge < -0.3 is 4.74 Å². The molecule has 1 aromatic carbocycles. The molecule has 0 spiro atoms. The summed E-state index contributed by atoms with van der Waals surface area (Å²) in [4.78, 5) is 0. The van der Waals surface area contributed by atoms with Crippen LogP contribution in [0.3, 0.4) is 0 Å². The Hall–Kier alpha value is -1.91. The zero-order chi connectivity index (χ0) is 10.8. The highest BCUT2D eigenvalue weighted by Gasteiger charge is 2.11. The quantitative estimate of drug-likeness (QED) is 0.805. The van der Waals surface area contributed by atoms with Gasteiger partial charge in [0, 0.05) is 0 Å². The van der Waals surface area contributed by atoms with Gasteiger partial charge in [-0.3, -0.25) is 0 Å². The average molecular weight is 204 g/mol. The molecule has 15 heavy (non-hydrogen) atoms. The molecule has 1 N–H and O–H groups in total. The summed E-state index contributed by atoms with van der Waals surface area (Å²) in [7, 11) is 1.63. The van der Waals surface area contributed by atoms with Crippen LogP contribution in [0.2, 0.25) is 0 Å². The van der Waals surface area contributed by atoms with E-state index in [1.807, 2.05) is 26.0 Å². The van der Waals surface area contributed by atoms with E-state index in [0.717, 1.165) is 11.3 Å². The number of nitrogens with zero attached hydrogens (tertiary/aromatic N) is 3. The Kier molecular flexibility index (Phi) is 2.37. The topological polar surface area (TPSA) is 63.7 Å². The number of rotatable bonds is 2. The van der Waals surface area contributed by atoms with E-state index in [2.05, 4.69) is 20.6 Å². The van der Waals surface area contributed by atoms with Crippen LogP contribution in [0.5, 0.6) is 5.75 Å². The molecule has 1 aromatic heterocycles. The number of H-pyrrole nitrogens is 1. The highest BCUT2D eigenvalue weighted by Crippen LogP contribution is 2.29. The third-order valence-corrected chi connectivity index (χ3v) is 2.40. The van der Waals surface area contributed by atoms with E-state index in [0.29, 0.717) is 5.82 Å². The second-order valence-electron chi connectivity index (χ2n) is 3.37. The van der Waals surface area contributed by atoms with E-state index < -0.39 is 0 Å². The number of tetrazole rings is 1. The molecule has 0 saturated heterocycles. The first-order chi connectivity index (χ1) is 7.22. The molecule has 0 amide bonds. The molecular formula is C10H12N4O. The summed E-state index contributed by atoms with van der Waals surface area (Å²) in [5.41, 5.74) is 3.21. The summed E-state index contributed by atoms with van der Waals surface area (Å²) < 4.78 is 5.28. The van der Waals surface area contributed by atoms with E-state index in [1.165, 1.54) is 11.1 Å². The van der Waals surface area contributed by atoms with Crippen molar-refractivity contribution in [3.05, 3.63) is 23.3 Å². The molecule has 0 bridgehead atoms. The molecule has 0 radical (unpaired) electrons. The van der Waals surface area contributed by atoms with Gasteiger partial charge in [-0.05, 0) is 42.3 Å². The monoisotopic (exact) mass is 204 g/mol. The molecule has 0 fully saturated rings. The van der Waals surface area contributed by atoms with Gasteiger partial charge in [0.15, 0.2) is 0 Å². The second-order valence-corrected chi connectivity index (χ2v) is 3.37. The SMILES string of the molecule is COc1cc(C)c(C)cc1-c1nn[nH]n1. The van der Waals surface area contributed by atoms with Crippen molar-refractivity contribution in [2.45, 2.75) is 13.8 Å². The van der Waals surface area contributed by atoms with Crippen LogP contribution < -0.4 is 4.74 Å². The van der Waals surface area contributed by atoms with Crippen molar-refractivity contribution in [2.24, 2.45) is 0 Å². The molecule has 2 rings (SSSR count). The van der Waals surface area contributed by atoms with Gasteiger partial charge in [-0.1, -0.05) is 0 Å². The molecular weight excluding hydrogens is 192 g/mol. The predicted molar refractivity (Wildman–Crippen MR) is 55.6 cm³/mol. The van der Waals surface area contributed by atoms with Gasteiger partial charge in [-0.2, -0.15) is 5.21 Å². The fourth-order valence-electron chi connectivity index (χ4n) is 1.41. The molecule has 2 aromatic rings. The second kappa shape index (κ2) is 3.68. The van der Waals surface area contributed by atoms with Crippen molar-refractivity contribution >= 4 is 0 Å². The first-order valence-electron chi connectivity index (χ1n) is 4.61. The fraction of sp³-hybridized carbons (Fsp3) is 0.300. The first-order valence-corrected chi connectivity index (χ1v) is 4.61. The number of aryl methyl sites for hydroxylation is 2. The Morgan fingerprint density at radius 3 is 2.53 bits per heavy atom. The zero-order valence-corrected chi connectivity index (χ0v) is 8.90. The van der Waals surface area contributed by atoms with Crippen molar-refractivity contribution < 1.29 is 4.74 Å². The maximum Gasteiger partial charge on any atom is 0.208 e. The van der Waals surface area contributed by atoms with E-state index in [4.69, 9.17) is 4.74 Å². The summed E-state index contributed by atoms with van der Waals surface area (Å²) >= 11 is 0. The van der Waals surface area contributed by atoms with Gasteiger partial charge in [-0.15, -0.1) is 10.2 Å². The Morgan fingerprint density at radius 1 is 1.20 bits per heavy atom. The zero-order valence-electron chi connectivity index (χ0n) is 8.90. The molecule has 0 aliphatic rings. The van der Waals surface area contributed by atoms with Gasteiger partial charge >= 0.3 is 0 Å². The Bertz CT molecular complexity index is 465. The number of nitrogens with one attached hydrogen (secondary N) is 1. The maximum absolute atomic E-state index is 5.28. The lowest BCUT2D eigenvalue weighted by Gasteiger charge is -2.08. The number of ether oxygens (including phenoxy) is 1. The summed E-state index contributed by atoms with van der Waals surface area (Å²) in [6.07, 6.45) is 0. The van der Waals surface area contributed by atoms with Crippen LogP contribution >= 0.6 is 0 Å². The van der Waals surface area contributed by atoms with E-state index in [9.17, 15) is 0 Å². The Morgan fingerprint density at radius 2 is 1.93 bits per heavy atom. The first kappa shape index (κ1) is 9.64. The minimum Gasteiger partial charge on any atom is -0.496 e. The van der Waals surface area contributed by atoms with Crippen molar-refractivity contribution in [1.29, 1.82) is 0 Å². The molecule has 5 heteroatoms. The van der Waals surface area contributed by atoms with Crippen molar-refractivity contribution in [3.63, 3.8) is 0 Å². The molecule has 0 atom stereocenters. The molecule has 78 valence electrons. The van der Waals surface area contributed by atoms with Crippen LogP contribution in [-0.2, 0) is 0 Å². The minimum absolute atomic E-state index is 0.551. The molecule has 0 aliphatic carbocycles. The van der Waals surface area contributed by atoms with Crippen molar-refractivity contribution in [2.75, 3.05) is 7.11 Å². The third-order valence-electron chi connectivity index (χ3n) is 2.40. The summed E-state index contributed by atoms with van der Waals surface area (Å²) in [6.45, 7) is 4.08. The van der Waals surface area contributed by atoms with E-state index >= 15 is 0 Å². The lowest BCUT2D eigenvalue weighted by atomic mass is 10.0. The van der Waals surface area contributed by atoms with Crippen LogP contribution in [0, 0.1) is 13.8 Å². The minimum atomic E-state index is 0.551. The maximum atomic E-state index is 5.28. The fourth-order valence-corrected chi connectivity index (χ4v) is 1.41. The number of aromatic nitrogens is 4. The van der Waals surface area contributed by atoms with Gasteiger partial charge in [0.2, 0.25) is 5.82 Å². The number of benzene rings is 1. The van der Waals surface area contributed by atoms with Crippen molar-refractivity contribution in [1.82, 2.24) is 20.6 Å². The summed E-state index contributed by atoms with van der Waals surface area (Å²) in [5, 5.41) is 13.8. The summed E-state index contributed by atoms with van der Waals surface area (Å²) in [6, 6.07) is 3.97. The molecule has 0 unspecified atom stereocenters. The van der Waals surface area contributed by atoms with Crippen molar-refractivity contribution in [3.8, 4) is 17.1 Å². The number of aromatic amines is 1. The molecule has 1 heterocycles. The van der Waals surface area contributed by atoms with Crippen LogP contribution in [0.4, 0.5) is 0 Å². The standard InChI is InChI=1S/C10H12N4O/c1-6-4-8(10-11-13-14-12-10)9(15-3)5-7(6)2/h4-5H,1-3H3,(H,11,12,13,14). The highest BCUT2D eigenvalue weighted by atomic mass is 16.5. The van der Waals surface area contributed by atoms with Crippen LogP contribution in [0.25, 0.3) is 11.4 Å². The van der Waals surface area contributed by atoms with Gasteiger partial charge in [-0.25, -0.2) is 0 Å². The third kappa shape index (κ3) is 1.68. The predicted octanol–water partition coefficient (Wildman–Crippen LogP) is 1.49. The largest absolute Gasteiger partial charge is 0.496 e. The number of hydrogen-bond donors (Lipinski definition) is 1. The lowest BCUT2D eigenvalue weighted by molar-refractivity contribution is 0.415. The van der Waals surface area contributed by atoms with Gasteiger partial charge in [0.1, 0.15) is 5.75 Å². The number of methoxy groups -OCH3 is 1. The highest BCUT2D eigenvalue weighted by molar-refractivity contribution is 5.65. The van der Waals surface area contributed by atoms with Gasteiger partial charge in [0.05, 0.1) is 12.7 Å². The van der Waals surface area contributed by atoms with E-state index in [-0.39, 0.29) is 0 Å². The normalized spacial score (nSPS) is 10.3. The van der Waals surface area contributed by atoms with Gasteiger partial charge in [0.25, 0.3) is 0 Å². The van der Waals surface area contributed by atoms with E-state index in [1.54, 1.807) is 7.11 Å². The Labute approximate surface area is 87.5 Å².